The highest BCUT2D eigenvalue weighted by Crippen LogP contribution is 2.28. The Kier molecular flexibility index (Phi) is 4.35. The van der Waals surface area contributed by atoms with Gasteiger partial charge in [-0.05, 0) is 24.1 Å². The number of hydrogen-bond acceptors (Lipinski definition) is 4. The number of anilines is 2. The third-order valence-electron chi connectivity index (χ3n) is 3.78. The van der Waals surface area contributed by atoms with Gasteiger partial charge in [0.05, 0.1) is 24.8 Å². The Hall–Kier alpha value is -1.99. The smallest absolute Gasteiger partial charge is 0.227 e. The number of carbonyl (C=O) groups excluding carboxylic acids is 2. The summed E-state index contributed by atoms with van der Waals surface area (Å²) in [5, 5.41) is 8.37. The number of rotatable bonds is 3. The van der Waals surface area contributed by atoms with Gasteiger partial charge in [0.2, 0.25) is 11.8 Å². The summed E-state index contributed by atoms with van der Waals surface area (Å²) in [6, 6.07) is 2.84. The molecule has 1 fully saturated rings. The van der Waals surface area contributed by atoms with Crippen molar-refractivity contribution in [3.05, 3.63) is 23.5 Å². The Labute approximate surface area is 127 Å². The zero-order valence-electron chi connectivity index (χ0n) is 12.1. The molecule has 6 nitrogen and oxygen atoms in total. The minimum atomic E-state index is -0.495. The van der Waals surface area contributed by atoms with Crippen molar-refractivity contribution in [1.29, 1.82) is 0 Å². The lowest BCUT2D eigenvalue weighted by Crippen LogP contribution is -2.40. The minimum Gasteiger partial charge on any atom is -0.375 e. The van der Waals surface area contributed by atoms with E-state index in [0.717, 1.165) is 12.1 Å². The summed E-state index contributed by atoms with van der Waals surface area (Å²) in [4.78, 5) is 23.4. The van der Waals surface area contributed by atoms with Crippen molar-refractivity contribution in [2.45, 2.75) is 25.4 Å². The second-order valence-electron chi connectivity index (χ2n) is 5.49. The number of aryl methyl sites for hydroxylation is 1. The van der Waals surface area contributed by atoms with Crippen molar-refractivity contribution in [3.63, 3.8) is 0 Å². The van der Waals surface area contributed by atoms with Crippen molar-refractivity contribution in [2.75, 3.05) is 30.3 Å². The van der Waals surface area contributed by atoms with E-state index in [1.165, 1.54) is 12.1 Å². The largest absolute Gasteiger partial charge is 0.375 e. The van der Waals surface area contributed by atoms with Gasteiger partial charge >= 0.3 is 0 Å². The molecule has 2 aliphatic heterocycles. The van der Waals surface area contributed by atoms with Gasteiger partial charge in [-0.3, -0.25) is 9.59 Å². The second-order valence-corrected chi connectivity index (χ2v) is 5.49. The minimum absolute atomic E-state index is 0.0784. The van der Waals surface area contributed by atoms with E-state index in [4.69, 9.17) is 4.74 Å². The van der Waals surface area contributed by atoms with Crippen LogP contribution in [0.3, 0.4) is 0 Å². The number of hydrogen-bond donors (Lipinski definition) is 3. The third-order valence-corrected chi connectivity index (χ3v) is 3.78. The zero-order chi connectivity index (χ0) is 15.5. The molecule has 1 aromatic rings. The van der Waals surface area contributed by atoms with Crippen molar-refractivity contribution >= 4 is 23.2 Å². The maximum absolute atomic E-state index is 14.0. The van der Waals surface area contributed by atoms with E-state index < -0.39 is 5.82 Å². The second kappa shape index (κ2) is 6.41. The molecule has 0 aromatic heterocycles. The maximum atomic E-state index is 14.0. The van der Waals surface area contributed by atoms with Gasteiger partial charge in [0.1, 0.15) is 5.82 Å². The first-order valence-electron chi connectivity index (χ1n) is 7.36. The quantitative estimate of drug-likeness (QED) is 0.779. The van der Waals surface area contributed by atoms with E-state index in [1.807, 2.05) is 0 Å². The molecule has 0 bridgehead atoms. The summed E-state index contributed by atoms with van der Waals surface area (Å²) >= 11 is 0. The fraction of sp³-hybridized carbons (Fsp3) is 0.467. The molecular weight excluding hydrogens is 289 g/mol. The van der Waals surface area contributed by atoms with Crippen molar-refractivity contribution < 1.29 is 18.7 Å². The van der Waals surface area contributed by atoms with E-state index in [2.05, 4.69) is 16.0 Å². The highest BCUT2D eigenvalue weighted by molar-refractivity contribution is 5.96. The first kappa shape index (κ1) is 14.9. The summed E-state index contributed by atoms with van der Waals surface area (Å²) in [6.45, 7) is 1.95. The highest BCUT2D eigenvalue weighted by Gasteiger charge is 2.21. The van der Waals surface area contributed by atoms with Gasteiger partial charge in [0.15, 0.2) is 0 Å². The molecule has 1 unspecified atom stereocenters. The topological polar surface area (TPSA) is 79.5 Å². The first-order chi connectivity index (χ1) is 10.6. The number of halogens is 1. The number of fused-ring (bicyclic) bond motifs is 1. The third kappa shape index (κ3) is 3.42. The van der Waals surface area contributed by atoms with Crippen LogP contribution in [0.2, 0.25) is 0 Å². The number of amides is 2. The average molecular weight is 307 g/mol. The number of benzene rings is 1. The standard InChI is InChI=1S/C15H18FN3O3/c16-11-5-9-1-2-14(20)18-12(9)7-13(11)19-15(21)6-10-8-17-3-4-22-10/h5,7,10,17H,1-4,6,8H2,(H,18,20)(H,19,21). The van der Waals surface area contributed by atoms with Gasteiger partial charge in [-0.15, -0.1) is 0 Å². The zero-order valence-corrected chi connectivity index (χ0v) is 12.1. The number of morpholine rings is 1. The normalized spacial score (nSPS) is 21.0. The van der Waals surface area contributed by atoms with Gasteiger partial charge in [-0.25, -0.2) is 4.39 Å². The monoisotopic (exact) mass is 307 g/mol. The van der Waals surface area contributed by atoms with Gasteiger partial charge < -0.3 is 20.7 Å². The Morgan fingerprint density at radius 3 is 3.05 bits per heavy atom. The van der Waals surface area contributed by atoms with Crippen LogP contribution in [0, 0.1) is 5.82 Å². The lowest BCUT2D eigenvalue weighted by Gasteiger charge is -2.23. The molecule has 118 valence electrons. The molecule has 2 amide bonds. The summed E-state index contributed by atoms with van der Waals surface area (Å²) in [5.74, 6) is -0.904. The molecule has 0 saturated carbocycles. The molecule has 2 heterocycles. The van der Waals surface area contributed by atoms with Gasteiger partial charge in [0, 0.05) is 25.2 Å². The molecule has 1 aromatic carbocycles. The summed E-state index contributed by atoms with van der Waals surface area (Å²) in [5.41, 5.74) is 1.38. The highest BCUT2D eigenvalue weighted by atomic mass is 19.1. The van der Waals surface area contributed by atoms with E-state index in [0.29, 0.717) is 31.7 Å². The lowest BCUT2D eigenvalue weighted by molar-refractivity contribution is -0.119. The SMILES string of the molecule is O=C(CC1CNCCO1)Nc1cc2c(cc1F)CCC(=O)N2. The van der Waals surface area contributed by atoms with Crippen LogP contribution in [-0.2, 0) is 20.7 Å². The van der Waals surface area contributed by atoms with E-state index in [1.54, 1.807) is 0 Å². The molecule has 7 heteroatoms. The van der Waals surface area contributed by atoms with E-state index >= 15 is 0 Å². The van der Waals surface area contributed by atoms with Crippen molar-refractivity contribution in [3.8, 4) is 0 Å². The van der Waals surface area contributed by atoms with Gasteiger partial charge in [-0.1, -0.05) is 0 Å². The van der Waals surface area contributed by atoms with Crippen LogP contribution in [0.4, 0.5) is 15.8 Å². The van der Waals surface area contributed by atoms with Crippen molar-refractivity contribution in [1.82, 2.24) is 5.32 Å². The Balaban J connectivity index is 1.67. The first-order valence-corrected chi connectivity index (χ1v) is 7.36. The molecule has 2 aliphatic rings. The molecular formula is C15H18FN3O3. The van der Waals surface area contributed by atoms with Crippen molar-refractivity contribution in [2.24, 2.45) is 0 Å². The summed E-state index contributed by atoms with van der Waals surface area (Å²) < 4.78 is 19.5. The molecule has 1 atom stereocenters. The number of carbonyl (C=O) groups is 2. The van der Waals surface area contributed by atoms with Crippen LogP contribution in [0.15, 0.2) is 12.1 Å². The maximum Gasteiger partial charge on any atom is 0.227 e. The Morgan fingerprint density at radius 1 is 1.41 bits per heavy atom. The Bertz CT molecular complexity index is 600. The number of nitrogens with one attached hydrogen (secondary N) is 3. The van der Waals surface area contributed by atoms with E-state index in [-0.39, 0.29) is 30.0 Å². The fourth-order valence-electron chi connectivity index (χ4n) is 2.65. The average Bonchev–Trinajstić information content (AvgIpc) is 2.49. The van der Waals surface area contributed by atoms with Crippen LogP contribution in [0.25, 0.3) is 0 Å². The fourth-order valence-corrected chi connectivity index (χ4v) is 2.65. The van der Waals surface area contributed by atoms with Crippen LogP contribution in [0.1, 0.15) is 18.4 Å². The van der Waals surface area contributed by atoms with Crippen LogP contribution in [-0.4, -0.2) is 37.6 Å². The van der Waals surface area contributed by atoms with Gasteiger partial charge in [-0.2, -0.15) is 0 Å². The van der Waals surface area contributed by atoms with Gasteiger partial charge in [0.25, 0.3) is 0 Å². The Morgan fingerprint density at radius 2 is 2.27 bits per heavy atom. The number of ether oxygens (including phenoxy) is 1. The lowest BCUT2D eigenvalue weighted by atomic mass is 10.0. The van der Waals surface area contributed by atoms with E-state index in [9.17, 15) is 14.0 Å². The predicted octanol–water partition coefficient (Wildman–Crippen LogP) is 1.03. The molecule has 0 radical (unpaired) electrons. The molecule has 0 aliphatic carbocycles. The summed E-state index contributed by atoms with van der Waals surface area (Å²) in [7, 11) is 0. The van der Waals surface area contributed by atoms with Crippen LogP contribution < -0.4 is 16.0 Å². The predicted molar refractivity (Wildman–Crippen MR) is 79.2 cm³/mol. The molecule has 3 N–H and O–H groups in total. The molecule has 22 heavy (non-hydrogen) atoms. The molecule has 1 saturated heterocycles. The molecule has 3 rings (SSSR count). The molecule has 0 spiro atoms. The van der Waals surface area contributed by atoms with Crippen LogP contribution >= 0.6 is 0 Å². The van der Waals surface area contributed by atoms with Crippen LogP contribution in [0.5, 0.6) is 0 Å². The summed E-state index contributed by atoms with van der Waals surface area (Å²) in [6.07, 6.45) is 0.822.